The number of hydrogen-bond acceptors (Lipinski definition) is 5. The van der Waals surface area contributed by atoms with E-state index >= 15 is 0 Å². The van der Waals surface area contributed by atoms with Crippen LogP contribution < -0.4 is 16.0 Å². The van der Waals surface area contributed by atoms with Crippen molar-refractivity contribution in [2.75, 3.05) is 25.0 Å². The highest BCUT2D eigenvalue weighted by Crippen LogP contribution is 2.10. The maximum atomic E-state index is 11.7. The quantitative estimate of drug-likeness (QED) is 0.649. The Kier molecular flexibility index (Phi) is 4.14. The van der Waals surface area contributed by atoms with Gasteiger partial charge in [0.1, 0.15) is 5.82 Å². The fourth-order valence-corrected chi connectivity index (χ4v) is 2.10. The first-order valence-electron chi connectivity index (χ1n) is 6.43. The Balaban J connectivity index is 2.10. The average Bonchev–Trinajstić information content (AvgIpc) is 2.75. The second-order valence-corrected chi connectivity index (χ2v) is 4.22. The van der Waals surface area contributed by atoms with Gasteiger partial charge >= 0.3 is 0 Å². The van der Waals surface area contributed by atoms with Crippen molar-refractivity contribution in [2.24, 2.45) is 0 Å². The number of nitrogens with one attached hydrogen (secondary N) is 3. The summed E-state index contributed by atoms with van der Waals surface area (Å²) >= 11 is 0. The number of carbonyl (C=O) groups is 1. The van der Waals surface area contributed by atoms with Crippen LogP contribution in [-0.2, 0) is 17.8 Å². The molecule has 1 unspecified atom stereocenters. The summed E-state index contributed by atoms with van der Waals surface area (Å²) < 4.78 is 2.01. The molecule has 0 saturated carbocycles. The van der Waals surface area contributed by atoms with Gasteiger partial charge in [-0.05, 0) is 13.8 Å². The summed E-state index contributed by atoms with van der Waals surface area (Å²) in [4.78, 5) is 11.7. The summed E-state index contributed by atoms with van der Waals surface area (Å²) in [6.07, 6.45) is 0.568. The first-order valence-corrected chi connectivity index (χ1v) is 6.43. The summed E-state index contributed by atoms with van der Waals surface area (Å²) in [6, 6.07) is -0.206. The number of amides is 1. The maximum Gasteiger partial charge on any atom is 0.237 e. The molecule has 100 valence electrons. The number of piperazine rings is 1. The Labute approximate surface area is 106 Å². The van der Waals surface area contributed by atoms with Crippen molar-refractivity contribution in [3.05, 3.63) is 5.82 Å². The first kappa shape index (κ1) is 12.8. The zero-order valence-electron chi connectivity index (χ0n) is 10.9. The SMILES string of the molecule is CCNc1nnc(CC2NCCNC2=O)n1CC. The van der Waals surface area contributed by atoms with Gasteiger partial charge in [0, 0.05) is 32.6 Å². The Morgan fingerprint density at radius 1 is 1.39 bits per heavy atom. The van der Waals surface area contributed by atoms with Gasteiger partial charge in [0.25, 0.3) is 0 Å². The number of rotatable bonds is 5. The van der Waals surface area contributed by atoms with Crippen molar-refractivity contribution in [2.45, 2.75) is 32.9 Å². The monoisotopic (exact) mass is 252 g/mol. The van der Waals surface area contributed by atoms with Crippen LogP contribution in [0.1, 0.15) is 19.7 Å². The summed E-state index contributed by atoms with van der Waals surface area (Å²) in [7, 11) is 0. The number of aromatic nitrogens is 3. The Morgan fingerprint density at radius 2 is 2.22 bits per heavy atom. The number of hydrogen-bond donors (Lipinski definition) is 3. The van der Waals surface area contributed by atoms with Crippen LogP contribution >= 0.6 is 0 Å². The van der Waals surface area contributed by atoms with Gasteiger partial charge in [-0.2, -0.15) is 0 Å². The topological polar surface area (TPSA) is 83.9 Å². The van der Waals surface area contributed by atoms with Crippen LogP contribution in [0, 0.1) is 0 Å². The molecule has 1 aliphatic rings. The number of nitrogens with zero attached hydrogens (tertiary/aromatic N) is 3. The van der Waals surface area contributed by atoms with Crippen molar-refractivity contribution in [3.63, 3.8) is 0 Å². The van der Waals surface area contributed by atoms with Crippen LogP contribution in [0.5, 0.6) is 0 Å². The minimum atomic E-state index is -0.206. The van der Waals surface area contributed by atoms with E-state index in [1.165, 1.54) is 0 Å². The molecule has 3 N–H and O–H groups in total. The van der Waals surface area contributed by atoms with Crippen LogP contribution in [-0.4, -0.2) is 46.3 Å². The molecular weight excluding hydrogens is 232 g/mol. The highest BCUT2D eigenvalue weighted by Gasteiger charge is 2.24. The van der Waals surface area contributed by atoms with Crippen molar-refractivity contribution in [3.8, 4) is 0 Å². The van der Waals surface area contributed by atoms with Crippen molar-refractivity contribution < 1.29 is 4.79 Å². The minimum Gasteiger partial charge on any atom is -0.355 e. The Hall–Kier alpha value is -1.63. The molecule has 2 rings (SSSR count). The van der Waals surface area contributed by atoms with Gasteiger partial charge in [0.05, 0.1) is 6.04 Å². The third-order valence-electron chi connectivity index (χ3n) is 3.00. The van der Waals surface area contributed by atoms with Crippen LogP contribution in [0.15, 0.2) is 0 Å². The largest absolute Gasteiger partial charge is 0.355 e. The molecule has 1 amide bonds. The molecule has 1 fully saturated rings. The zero-order valence-corrected chi connectivity index (χ0v) is 10.9. The Morgan fingerprint density at radius 3 is 2.89 bits per heavy atom. The van der Waals surface area contributed by atoms with E-state index in [2.05, 4.69) is 26.1 Å². The minimum absolute atomic E-state index is 0.0388. The lowest BCUT2D eigenvalue weighted by Gasteiger charge is -2.23. The Bertz CT molecular complexity index is 416. The van der Waals surface area contributed by atoms with Crippen LogP contribution in [0.4, 0.5) is 5.95 Å². The van der Waals surface area contributed by atoms with E-state index in [0.717, 1.165) is 31.4 Å². The standard InChI is InChI=1S/C11H20N6O/c1-3-12-11-16-15-9(17(11)4-2)7-8-10(18)14-6-5-13-8/h8,13H,3-7H2,1-2H3,(H,12,16)(H,14,18). The van der Waals surface area contributed by atoms with E-state index in [-0.39, 0.29) is 11.9 Å². The third kappa shape index (κ3) is 2.61. The van der Waals surface area contributed by atoms with Crippen LogP contribution in [0.3, 0.4) is 0 Å². The van der Waals surface area contributed by atoms with Gasteiger partial charge in [-0.3, -0.25) is 9.36 Å². The predicted octanol–water partition coefficient (Wildman–Crippen LogP) is -0.640. The van der Waals surface area contributed by atoms with Gasteiger partial charge in [0.15, 0.2) is 0 Å². The lowest BCUT2D eigenvalue weighted by molar-refractivity contribution is -0.124. The summed E-state index contributed by atoms with van der Waals surface area (Å²) in [5, 5.41) is 17.5. The van der Waals surface area contributed by atoms with Gasteiger partial charge < -0.3 is 16.0 Å². The fraction of sp³-hybridized carbons (Fsp3) is 0.727. The second-order valence-electron chi connectivity index (χ2n) is 4.22. The number of carbonyl (C=O) groups excluding carboxylic acids is 1. The number of anilines is 1. The first-order chi connectivity index (χ1) is 8.76. The summed E-state index contributed by atoms with van der Waals surface area (Å²) in [5.41, 5.74) is 0. The third-order valence-corrected chi connectivity index (χ3v) is 3.00. The van der Waals surface area contributed by atoms with E-state index in [9.17, 15) is 4.79 Å². The van der Waals surface area contributed by atoms with Gasteiger partial charge in [0.2, 0.25) is 11.9 Å². The van der Waals surface area contributed by atoms with E-state index in [1.54, 1.807) is 0 Å². The van der Waals surface area contributed by atoms with Crippen LogP contribution in [0.2, 0.25) is 0 Å². The highest BCUT2D eigenvalue weighted by atomic mass is 16.2. The smallest absolute Gasteiger partial charge is 0.237 e. The average molecular weight is 252 g/mol. The van der Waals surface area contributed by atoms with Gasteiger partial charge in [-0.1, -0.05) is 0 Å². The van der Waals surface area contributed by atoms with Gasteiger partial charge in [-0.15, -0.1) is 10.2 Å². The lowest BCUT2D eigenvalue weighted by Crippen LogP contribution is -2.54. The normalized spacial score (nSPS) is 19.7. The van der Waals surface area contributed by atoms with E-state index in [1.807, 2.05) is 18.4 Å². The predicted molar refractivity (Wildman–Crippen MR) is 68.4 cm³/mol. The molecule has 2 heterocycles. The lowest BCUT2D eigenvalue weighted by atomic mass is 10.1. The highest BCUT2D eigenvalue weighted by molar-refractivity contribution is 5.82. The van der Waals surface area contributed by atoms with Gasteiger partial charge in [-0.25, -0.2) is 0 Å². The molecular formula is C11H20N6O. The van der Waals surface area contributed by atoms with E-state index in [0.29, 0.717) is 13.0 Å². The molecule has 0 spiro atoms. The molecule has 0 radical (unpaired) electrons. The second kappa shape index (κ2) is 5.81. The molecule has 0 aromatic carbocycles. The molecule has 18 heavy (non-hydrogen) atoms. The molecule has 0 bridgehead atoms. The molecule has 7 heteroatoms. The van der Waals surface area contributed by atoms with E-state index in [4.69, 9.17) is 0 Å². The summed E-state index contributed by atoms with van der Waals surface area (Å²) in [6.45, 7) is 7.15. The zero-order chi connectivity index (χ0) is 13.0. The molecule has 0 aliphatic carbocycles. The molecule has 1 saturated heterocycles. The van der Waals surface area contributed by atoms with Crippen molar-refractivity contribution in [1.29, 1.82) is 0 Å². The van der Waals surface area contributed by atoms with Crippen molar-refractivity contribution in [1.82, 2.24) is 25.4 Å². The molecule has 1 aliphatic heterocycles. The molecule has 1 atom stereocenters. The molecule has 1 aromatic rings. The molecule has 7 nitrogen and oxygen atoms in total. The van der Waals surface area contributed by atoms with Crippen LogP contribution in [0.25, 0.3) is 0 Å². The molecule has 1 aromatic heterocycles. The fourth-order valence-electron chi connectivity index (χ4n) is 2.10. The summed E-state index contributed by atoms with van der Waals surface area (Å²) in [5.74, 6) is 1.64. The maximum absolute atomic E-state index is 11.7. The van der Waals surface area contributed by atoms with Crippen molar-refractivity contribution >= 4 is 11.9 Å². The van der Waals surface area contributed by atoms with E-state index < -0.39 is 0 Å².